The molecule has 4 nitrogen and oxygen atoms in total. The summed E-state index contributed by atoms with van der Waals surface area (Å²) in [5.41, 5.74) is 10.4. The molecule has 0 atom stereocenters. The van der Waals surface area contributed by atoms with Crippen molar-refractivity contribution in [2.45, 2.75) is 13.8 Å². The summed E-state index contributed by atoms with van der Waals surface area (Å²) in [6.07, 6.45) is 0. The Labute approximate surface area is 106 Å². The zero-order chi connectivity index (χ0) is 13.3. The number of ether oxygens (including phenoxy) is 1. The second-order valence-electron chi connectivity index (χ2n) is 4.30. The number of methoxy groups -OCH3 is 1. The number of nitrogen functional groups attached to an aromatic ring is 1. The fraction of sp³-hybridized carbons (Fsp3) is 0.214. The molecule has 0 spiro atoms. The first kappa shape index (κ1) is 12.2. The van der Waals surface area contributed by atoms with E-state index in [1.807, 2.05) is 19.1 Å². The van der Waals surface area contributed by atoms with E-state index in [1.54, 1.807) is 6.07 Å². The van der Waals surface area contributed by atoms with Crippen LogP contribution in [0.3, 0.4) is 0 Å². The van der Waals surface area contributed by atoms with Crippen LogP contribution >= 0.6 is 0 Å². The van der Waals surface area contributed by atoms with E-state index in [2.05, 4.69) is 22.7 Å². The number of H-pyrrole nitrogens is 1. The van der Waals surface area contributed by atoms with E-state index in [1.165, 1.54) is 18.2 Å². The molecule has 94 valence electrons. The Kier molecular flexibility index (Phi) is 3.10. The smallest absolute Gasteiger partial charge is 0.341 e. The number of carbonyl (C=O) groups excluding carboxylic acids is 1. The number of aromatic amines is 1. The summed E-state index contributed by atoms with van der Waals surface area (Å²) in [6.45, 7) is 4.11. The number of nitrogens with one attached hydrogen (secondary N) is 1. The fourth-order valence-corrected chi connectivity index (χ4v) is 1.81. The van der Waals surface area contributed by atoms with E-state index in [4.69, 9.17) is 5.73 Å². The summed E-state index contributed by atoms with van der Waals surface area (Å²) < 4.78 is 4.67. The molecule has 0 amide bonds. The van der Waals surface area contributed by atoms with Gasteiger partial charge in [0.25, 0.3) is 0 Å². The van der Waals surface area contributed by atoms with Gasteiger partial charge in [-0.05, 0) is 42.7 Å². The standard InChI is InChI=1S/C14H16N2O2/c1-8-4-5-10(6-9(8)2)12-7-11(13(15)16-12)14(17)18-3/h4-7,16H,15H2,1-3H3. The number of rotatable bonds is 2. The van der Waals surface area contributed by atoms with Gasteiger partial charge < -0.3 is 15.5 Å². The van der Waals surface area contributed by atoms with Gasteiger partial charge in [-0.25, -0.2) is 4.79 Å². The molecule has 1 aromatic heterocycles. The predicted molar refractivity (Wildman–Crippen MR) is 71.5 cm³/mol. The highest BCUT2D eigenvalue weighted by molar-refractivity contribution is 5.96. The van der Waals surface area contributed by atoms with Crippen LogP contribution in [0.15, 0.2) is 24.3 Å². The van der Waals surface area contributed by atoms with Gasteiger partial charge in [0.2, 0.25) is 0 Å². The van der Waals surface area contributed by atoms with Crippen LogP contribution in [0, 0.1) is 13.8 Å². The van der Waals surface area contributed by atoms with Gasteiger partial charge in [0.15, 0.2) is 0 Å². The lowest BCUT2D eigenvalue weighted by Crippen LogP contribution is -2.02. The third-order valence-electron chi connectivity index (χ3n) is 3.07. The molecule has 3 N–H and O–H groups in total. The number of aryl methyl sites for hydroxylation is 2. The molecule has 4 heteroatoms. The van der Waals surface area contributed by atoms with Crippen molar-refractivity contribution in [2.24, 2.45) is 0 Å². The maximum absolute atomic E-state index is 11.5. The van der Waals surface area contributed by atoms with Crippen molar-refractivity contribution in [1.29, 1.82) is 0 Å². The average molecular weight is 244 g/mol. The van der Waals surface area contributed by atoms with Gasteiger partial charge in [-0.1, -0.05) is 12.1 Å². The third-order valence-corrected chi connectivity index (χ3v) is 3.07. The first-order valence-electron chi connectivity index (χ1n) is 5.67. The van der Waals surface area contributed by atoms with Crippen LogP contribution in [0.2, 0.25) is 0 Å². The molecular formula is C14H16N2O2. The monoisotopic (exact) mass is 244 g/mol. The van der Waals surface area contributed by atoms with E-state index < -0.39 is 5.97 Å². The van der Waals surface area contributed by atoms with Crippen molar-refractivity contribution in [2.75, 3.05) is 12.8 Å². The quantitative estimate of drug-likeness (QED) is 0.798. The predicted octanol–water partition coefficient (Wildman–Crippen LogP) is 2.67. The van der Waals surface area contributed by atoms with Crippen molar-refractivity contribution in [1.82, 2.24) is 4.98 Å². The second-order valence-corrected chi connectivity index (χ2v) is 4.30. The number of nitrogens with two attached hydrogens (primary N) is 1. The highest BCUT2D eigenvalue weighted by Crippen LogP contribution is 2.25. The number of aromatic nitrogens is 1. The Morgan fingerprint density at radius 1 is 1.22 bits per heavy atom. The molecule has 0 fully saturated rings. The Bertz CT molecular complexity index is 600. The van der Waals surface area contributed by atoms with E-state index in [-0.39, 0.29) is 0 Å². The van der Waals surface area contributed by atoms with Gasteiger partial charge in [-0.3, -0.25) is 0 Å². The molecule has 0 unspecified atom stereocenters. The summed E-state index contributed by atoms with van der Waals surface area (Å²) >= 11 is 0. The maximum atomic E-state index is 11.5. The topological polar surface area (TPSA) is 68.1 Å². The minimum Gasteiger partial charge on any atom is -0.465 e. The molecule has 0 saturated carbocycles. The Hall–Kier alpha value is -2.23. The number of anilines is 1. The Balaban J connectivity index is 2.45. The summed E-state index contributed by atoms with van der Waals surface area (Å²) in [7, 11) is 1.34. The first-order valence-corrected chi connectivity index (χ1v) is 5.67. The molecule has 1 heterocycles. The van der Waals surface area contributed by atoms with Gasteiger partial charge in [-0.15, -0.1) is 0 Å². The average Bonchev–Trinajstić information content (AvgIpc) is 2.74. The molecule has 0 aliphatic heterocycles. The zero-order valence-electron chi connectivity index (χ0n) is 10.7. The summed E-state index contributed by atoms with van der Waals surface area (Å²) in [5, 5.41) is 0. The normalized spacial score (nSPS) is 10.4. The fourth-order valence-electron chi connectivity index (χ4n) is 1.81. The second kappa shape index (κ2) is 4.56. The van der Waals surface area contributed by atoms with Crippen molar-refractivity contribution >= 4 is 11.8 Å². The SMILES string of the molecule is COC(=O)c1cc(-c2ccc(C)c(C)c2)[nH]c1N. The highest BCUT2D eigenvalue weighted by Gasteiger charge is 2.14. The molecule has 0 saturated heterocycles. The Morgan fingerprint density at radius 3 is 2.56 bits per heavy atom. The van der Waals surface area contributed by atoms with Crippen LogP contribution in [0.4, 0.5) is 5.82 Å². The highest BCUT2D eigenvalue weighted by atomic mass is 16.5. The molecular weight excluding hydrogens is 228 g/mol. The van der Waals surface area contributed by atoms with Gasteiger partial charge in [0.1, 0.15) is 11.4 Å². The molecule has 0 radical (unpaired) electrons. The van der Waals surface area contributed by atoms with Gasteiger partial charge in [0.05, 0.1) is 7.11 Å². The lowest BCUT2D eigenvalue weighted by atomic mass is 10.0. The number of hydrogen-bond donors (Lipinski definition) is 2. The summed E-state index contributed by atoms with van der Waals surface area (Å²) in [6, 6.07) is 7.81. The summed E-state index contributed by atoms with van der Waals surface area (Å²) in [5.74, 6) is -0.103. The van der Waals surface area contributed by atoms with Crippen molar-refractivity contribution in [3.63, 3.8) is 0 Å². The van der Waals surface area contributed by atoms with Gasteiger partial charge in [0, 0.05) is 5.69 Å². The van der Waals surface area contributed by atoms with Crippen LogP contribution in [0.5, 0.6) is 0 Å². The lowest BCUT2D eigenvalue weighted by molar-refractivity contribution is 0.0602. The largest absolute Gasteiger partial charge is 0.465 e. The number of hydrogen-bond acceptors (Lipinski definition) is 3. The summed E-state index contributed by atoms with van der Waals surface area (Å²) in [4.78, 5) is 14.5. The van der Waals surface area contributed by atoms with E-state index in [0.29, 0.717) is 11.4 Å². The van der Waals surface area contributed by atoms with Gasteiger partial charge in [-0.2, -0.15) is 0 Å². The van der Waals surface area contributed by atoms with Crippen LogP contribution in [0.25, 0.3) is 11.3 Å². The first-order chi connectivity index (χ1) is 8.52. The van der Waals surface area contributed by atoms with E-state index >= 15 is 0 Å². The van der Waals surface area contributed by atoms with Crippen molar-refractivity contribution in [3.8, 4) is 11.3 Å². The maximum Gasteiger partial charge on any atom is 0.341 e. The number of esters is 1. The van der Waals surface area contributed by atoms with Crippen LogP contribution in [-0.2, 0) is 4.74 Å². The number of benzene rings is 1. The third kappa shape index (κ3) is 2.09. The molecule has 0 bridgehead atoms. The minimum absolute atomic E-state index is 0.329. The van der Waals surface area contributed by atoms with Crippen LogP contribution in [-0.4, -0.2) is 18.1 Å². The molecule has 1 aromatic carbocycles. The van der Waals surface area contributed by atoms with Crippen LogP contribution < -0.4 is 5.73 Å². The molecule has 2 rings (SSSR count). The molecule has 2 aromatic rings. The lowest BCUT2D eigenvalue weighted by Gasteiger charge is -2.03. The molecule has 18 heavy (non-hydrogen) atoms. The number of carbonyl (C=O) groups is 1. The van der Waals surface area contributed by atoms with Crippen molar-refractivity contribution < 1.29 is 9.53 Å². The zero-order valence-corrected chi connectivity index (χ0v) is 10.7. The van der Waals surface area contributed by atoms with Crippen LogP contribution in [0.1, 0.15) is 21.5 Å². The molecule has 0 aliphatic carbocycles. The van der Waals surface area contributed by atoms with Gasteiger partial charge >= 0.3 is 5.97 Å². The van der Waals surface area contributed by atoms with E-state index in [9.17, 15) is 4.79 Å². The van der Waals surface area contributed by atoms with E-state index in [0.717, 1.165) is 11.3 Å². The minimum atomic E-state index is -0.432. The van der Waals surface area contributed by atoms with Crippen molar-refractivity contribution in [3.05, 3.63) is 41.0 Å². The Morgan fingerprint density at radius 2 is 1.94 bits per heavy atom. The molecule has 0 aliphatic rings.